The molecule has 0 bridgehead atoms. The number of aryl methyl sites for hydroxylation is 2. The normalized spacial score (nSPS) is 17.5. The topological polar surface area (TPSA) is 73.5 Å². The average Bonchev–Trinajstić information content (AvgIpc) is 3.00. The molecule has 0 unspecified atom stereocenters. The number of anilines is 1. The number of hydrogen-bond donors (Lipinski definition) is 1. The van der Waals surface area contributed by atoms with Crippen molar-refractivity contribution in [3.05, 3.63) is 53.1 Å². The predicted octanol–water partition coefficient (Wildman–Crippen LogP) is 2.81. The van der Waals surface area contributed by atoms with Gasteiger partial charge in [-0.1, -0.05) is 0 Å². The highest BCUT2D eigenvalue weighted by Crippen LogP contribution is 2.26. The van der Waals surface area contributed by atoms with Gasteiger partial charge in [-0.05, 0) is 51.1 Å². The quantitative estimate of drug-likeness (QED) is 0.685. The molecule has 6 nitrogen and oxygen atoms in total. The van der Waals surface area contributed by atoms with Crippen molar-refractivity contribution in [2.75, 3.05) is 11.4 Å². The zero-order valence-electron chi connectivity index (χ0n) is 14.2. The molecule has 2 heterocycles. The number of nitrogens with one attached hydrogen (secondary N) is 1. The molecule has 7 heteroatoms. The largest absolute Gasteiger partial charge is 0.362 e. The SMILES string of the molecule is Cc1cc(C(=O)CN2C(=O)[C@H](C)N(c3ccc(F)cc3)C2=O)c(C)[nH]1. The van der Waals surface area contributed by atoms with Crippen molar-refractivity contribution in [2.24, 2.45) is 0 Å². The second-order valence-electron chi connectivity index (χ2n) is 6.14. The number of benzene rings is 1. The monoisotopic (exact) mass is 343 g/mol. The molecule has 1 aromatic carbocycles. The number of ketones is 1. The summed E-state index contributed by atoms with van der Waals surface area (Å²) in [6, 6.07) is 5.68. The number of halogens is 1. The number of urea groups is 1. The molecule has 0 aliphatic carbocycles. The Hall–Kier alpha value is -2.96. The highest BCUT2D eigenvalue weighted by Gasteiger charge is 2.44. The molecule has 3 rings (SSSR count). The van der Waals surface area contributed by atoms with Gasteiger partial charge in [0.15, 0.2) is 5.78 Å². The van der Waals surface area contributed by atoms with E-state index in [0.717, 1.165) is 10.6 Å². The summed E-state index contributed by atoms with van der Waals surface area (Å²) in [5.41, 5.74) is 2.41. The van der Waals surface area contributed by atoms with Crippen LogP contribution in [0, 0.1) is 19.7 Å². The highest BCUT2D eigenvalue weighted by atomic mass is 19.1. The van der Waals surface area contributed by atoms with Crippen molar-refractivity contribution in [3.8, 4) is 0 Å². The van der Waals surface area contributed by atoms with Gasteiger partial charge in [0, 0.05) is 22.6 Å². The zero-order valence-corrected chi connectivity index (χ0v) is 14.2. The summed E-state index contributed by atoms with van der Waals surface area (Å²) in [7, 11) is 0. The van der Waals surface area contributed by atoms with Crippen molar-refractivity contribution in [2.45, 2.75) is 26.8 Å². The zero-order chi connectivity index (χ0) is 18.3. The number of imide groups is 1. The second-order valence-corrected chi connectivity index (χ2v) is 6.14. The summed E-state index contributed by atoms with van der Waals surface area (Å²) >= 11 is 0. The number of Topliss-reactive ketones (excluding diaryl/α,β-unsaturated/α-hetero) is 1. The van der Waals surface area contributed by atoms with E-state index in [1.165, 1.54) is 29.2 Å². The van der Waals surface area contributed by atoms with Crippen LogP contribution in [-0.4, -0.2) is 40.2 Å². The Morgan fingerprint density at radius 3 is 2.40 bits per heavy atom. The molecule has 3 amide bonds. The fourth-order valence-electron chi connectivity index (χ4n) is 3.05. The van der Waals surface area contributed by atoms with Gasteiger partial charge >= 0.3 is 6.03 Å². The Morgan fingerprint density at radius 1 is 1.20 bits per heavy atom. The first kappa shape index (κ1) is 16.9. The van der Waals surface area contributed by atoms with Crippen LogP contribution in [0.25, 0.3) is 0 Å². The molecule has 1 fully saturated rings. The van der Waals surface area contributed by atoms with Gasteiger partial charge < -0.3 is 4.98 Å². The molecule has 130 valence electrons. The van der Waals surface area contributed by atoms with E-state index in [2.05, 4.69) is 4.98 Å². The van der Waals surface area contributed by atoms with Crippen LogP contribution in [0.1, 0.15) is 28.7 Å². The maximum atomic E-state index is 13.1. The fraction of sp³-hybridized carbons (Fsp3) is 0.278. The number of aromatic amines is 1. The summed E-state index contributed by atoms with van der Waals surface area (Å²) in [5.74, 6) is -1.19. The molecule has 1 N–H and O–H groups in total. The average molecular weight is 343 g/mol. The van der Waals surface area contributed by atoms with E-state index in [0.29, 0.717) is 16.9 Å². The summed E-state index contributed by atoms with van der Waals surface area (Å²) < 4.78 is 13.1. The van der Waals surface area contributed by atoms with E-state index in [-0.39, 0.29) is 12.3 Å². The molecule has 2 aromatic rings. The van der Waals surface area contributed by atoms with Crippen molar-refractivity contribution >= 4 is 23.4 Å². The van der Waals surface area contributed by atoms with Gasteiger partial charge in [-0.2, -0.15) is 0 Å². The van der Waals surface area contributed by atoms with Crippen LogP contribution < -0.4 is 4.90 Å². The Bertz CT molecular complexity index is 857. The van der Waals surface area contributed by atoms with Crippen LogP contribution in [0.4, 0.5) is 14.9 Å². The number of rotatable bonds is 4. The third-order valence-electron chi connectivity index (χ3n) is 4.30. The summed E-state index contributed by atoms with van der Waals surface area (Å²) in [5, 5.41) is 0. The highest BCUT2D eigenvalue weighted by molar-refractivity contribution is 6.16. The van der Waals surface area contributed by atoms with E-state index in [9.17, 15) is 18.8 Å². The Kier molecular flexibility index (Phi) is 4.16. The molecule has 25 heavy (non-hydrogen) atoms. The maximum Gasteiger partial charge on any atom is 0.332 e. The second kappa shape index (κ2) is 6.16. The predicted molar refractivity (Wildman–Crippen MR) is 90.0 cm³/mol. The van der Waals surface area contributed by atoms with Gasteiger partial charge in [0.2, 0.25) is 0 Å². The molecule has 0 radical (unpaired) electrons. The minimum Gasteiger partial charge on any atom is -0.362 e. The number of amides is 3. The smallest absolute Gasteiger partial charge is 0.332 e. The molecule has 0 spiro atoms. The third-order valence-corrected chi connectivity index (χ3v) is 4.30. The lowest BCUT2D eigenvalue weighted by atomic mass is 10.1. The molecule has 0 saturated carbocycles. The number of H-pyrrole nitrogens is 1. The van der Waals surface area contributed by atoms with E-state index in [1.807, 2.05) is 6.92 Å². The number of carbonyl (C=O) groups is 3. The Labute approximate surface area is 144 Å². The first-order valence-electron chi connectivity index (χ1n) is 7.89. The molecule has 1 atom stereocenters. The van der Waals surface area contributed by atoms with Gasteiger partial charge in [0.25, 0.3) is 5.91 Å². The molecule has 1 aromatic heterocycles. The van der Waals surface area contributed by atoms with Crippen molar-refractivity contribution in [3.63, 3.8) is 0 Å². The van der Waals surface area contributed by atoms with Crippen molar-refractivity contribution in [1.29, 1.82) is 0 Å². The molecular formula is C18H18FN3O3. The van der Waals surface area contributed by atoms with Crippen LogP contribution in [0.2, 0.25) is 0 Å². The molecule has 1 aliphatic rings. The van der Waals surface area contributed by atoms with E-state index >= 15 is 0 Å². The minimum atomic E-state index is -0.750. The lowest BCUT2D eigenvalue weighted by Gasteiger charge is -2.19. The minimum absolute atomic E-state index is 0.309. The van der Waals surface area contributed by atoms with Gasteiger partial charge in [-0.25, -0.2) is 9.18 Å². The first-order chi connectivity index (χ1) is 11.8. The van der Waals surface area contributed by atoms with Crippen LogP contribution in [0.3, 0.4) is 0 Å². The van der Waals surface area contributed by atoms with Crippen LogP contribution >= 0.6 is 0 Å². The van der Waals surface area contributed by atoms with E-state index in [1.54, 1.807) is 19.9 Å². The number of hydrogen-bond acceptors (Lipinski definition) is 3. The number of carbonyl (C=O) groups excluding carboxylic acids is 3. The van der Waals surface area contributed by atoms with Crippen molar-refractivity contribution in [1.82, 2.24) is 9.88 Å². The van der Waals surface area contributed by atoms with Gasteiger partial charge in [0.1, 0.15) is 11.9 Å². The van der Waals surface area contributed by atoms with Crippen LogP contribution in [-0.2, 0) is 4.79 Å². The van der Waals surface area contributed by atoms with Crippen LogP contribution in [0.5, 0.6) is 0 Å². The van der Waals surface area contributed by atoms with Gasteiger partial charge in [-0.15, -0.1) is 0 Å². The molecule has 1 aliphatic heterocycles. The summed E-state index contributed by atoms with van der Waals surface area (Å²) in [4.78, 5) is 42.8. The summed E-state index contributed by atoms with van der Waals surface area (Å²) in [6.45, 7) is 4.85. The lowest BCUT2D eigenvalue weighted by molar-refractivity contribution is -0.126. The van der Waals surface area contributed by atoms with Crippen LogP contribution in [0.15, 0.2) is 30.3 Å². The Balaban J connectivity index is 1.84. The van der Waals surface area contributed by atoms with E-state index < -0.39 is 23.8 Å². The maximum absolute atomic E-state index is 13.1. The fourth-order valence-corrected chi connectivity index (χ4v) is 3.05. The first-order valence-corrected chi connectivity index (χ1v) is 7.89. The van der Waals surface area contributed by atoms with Gasteiger partial charge in [0.05, 0.1) is 6.54 Å². The van der Waals surface area contributed by atoms with Crippen molar-refractivity contribution < 1.29 is 18.8 Å². The lowest BCUT2D eigenvalue weighted by Crippen LogP contribution is -2.37. The molecular weight excluding hydrogens is 325 g/mol. The Morgan fingerprint density at radius 2 is 1.84 bits per heavy atom. The van der Waals surface area contributed by atoms with Gasteiger partial charge in [-0.3, -0.25) is 19.4 Å². The number of aromatic nitrogens is 1. The number of nitrogens with zero attached hydrogens (tertiary/aromatic N) is 2. The summed E-state index contributed by atoms with van der Waals surface area (Å²) in [6.07, 6.45) is 0. The third kappa shape index (κ3) is 2.93. The molecule has 1 saturated heterocycles. The van der Waals surface area contributed by atoms with E-state index in [4.69, 9.17) is 0 Å². The standard InChI is InChI=1S/C18H18FN3O3/c1-10-8-15(11(2)20-10)16(23)9-21-17(24)12(3)22(18(21)25)14-6-4-13(19)5-7-14/h4-8,12,20H,9H2,1-3H3/t12-/m0/s1.